The maximum Gasteiger partial charge on any atom is 0.359 e. The first-order chi connectivity index (χ1) is 8.04. The molecule has 0 aromatic carbocycles. The molecule has 6 nitrogen and oxygen atoms in total. The third-order valence-electron chi connectivity index (χ3n) is 1.68. The number of aliphatic imine (C=N–C) groups is 1. The summed E-state index contributed by atoms with van der Waals surface area (Å²) in [6, 6.07) is 4.36. The normalized spacial score (nSPS) is 10.0. The number of nitriles is 1. The van der Waals surface area contributed by atoms with Gasteiger partial charge in [0.25, 0.3) is 0 Å². The number of rotatable bonds is 2. The van der Waals surface area contributed by atoms with E-state index in [4.69, 9.17) is 5.26 Å². The van der Waals surface area contributed by atoms with Crippen LogP contribution in [0.25, 0.3) is 0 Å². The maximum absolute atomic E-state index is 11.6. The van der Waals surface area contributed by atoms with Gasteiger partial charge in [-0.15, -0.1) is 0 Å². The Morgan fingerprint density at radius 3 is 2.94 bits per heavy atom. The molecule has 2 amide bonds. The van der Waals surface area contributed by atoms with Crippen LogP contribution in [0.15, 0.2) is 23.3 Å². The van der Waals surface area contributed by atoms with Crippen LogP contribution in [0.2, 0.25) is 0 Å². The molecule has 0 aliphatic rings. The number of carbonyl (C=O) groups is 1. The molecule has 0 aliphatic heterocycles. The van der Waals surface area contributed by atoms with Gasteiger partial charge in [-0.1, -0.05) is 12.8 Å². The van der Waals surface area contributed by atoms with Crippen molar-refractivity contribution in [1.29, 1.82) is 5.26 Å². The average molecular weight is 249 g/mol. The highest BCUT2D eigenvalue weighted by molar-refractivity contribution is 7.82. The Kier molecular flexibility index (Phi) is 4.48. The van der Waals surface area contributed by atoms with Crippen molar-refractivity contribution in [3.05, 3.63) is 24.0 Å². The highest BCUT2D eigenvalue weighted by atomic mass is 32.1. The zero-order chi connectivity index (χ0) is 12.8. The Morgan fingerprint density at radius 2 is 2.35 bits per heavy atom. The van der Waals surface area contributed by atoms with E-state index in [9.17, 15) is 4.79 Å². The van der Waals surface area contributed by atoms with E-state index in [1.54, 1.807) is 25.1 Å². The highest BCUT2D eigenvalue weighted by Crippen LogP contribution is 2.17. The van der Waals surface area contributed by atoms with Crippen LogP contribution in [0.4, 0.5) is 10.5 Å². The molecule has 0 fully saturated rings. The van der Waals surface area contributed by atoms with Crippen molar-refractivity contribution in [3.63, 3.8) is 0 Å². The van der Waals surface area contributed by atoms with Crippen molar-refractivity contribution in [2.24, 2.45) is 4.99 Å². The highest BCUT2D eigenvalue weighted by Gasteiger charge is 2.11. The Balaban J connectivity index is 2.85. The molecule has 88 valence electrons. The number of urea groups is 1. The first-order valence-corrected chi connectivity index (χ1v) is 5.04. The van der Waals surface area contributed by atoms with E-state index in [1.807, 2.05) is 6.07 Å². The van der Waals surface area contributed by atoms with Crippen molar-refractivity contribution >= 4 is 30.9 Å². The smallest absolute Gasteiger partial charge is 0.359 e. The lowest BCUT2D eigenvalue weighted by Crippen LogP contribution is -2.19. The SMILES string of the molecule is CN(C)C=NC(=O)N(S)c1ccnc(C#N)c1. The van der Waals surface area contributed by atoms with Crippen molar-refractivity contribution in [2.45, 2.75) is 0 Å². The van der Waals surface area contributed by atoms with Gasteiger partial charge in [-0.2, -0.15) is 10.3 Å². The van der Waals surface area contributed by atoms with Crippen LogP contribution in [-0.2, 0) is 0 Å². The predicted molar refractivity (Wildman–Crippen MR) is 68.0 cm³/mol. The number of hydrogen-bond acceptors (Lipinski definition) is 4. The van der Waals surface area contributed by atoms with Gasteiger partial charge in [0.2, 0.25) is 0 Å². The second-order valence-electron chi connectivity index (χ2n) is 3.31. The van der Waals surface area contributed by atoms with Crippen molar-refractivity contribution in [3.8, 4) is 6.07 Å². The van der Waals surface area contributed by atoms with Crippen LogP contribution < -0.4 is 4.31 Å². The number of hydrogen-bond donors (Lipinski definition) is 1. The lowest BCUT2D eigenvalue weighted by Gasteiger charge is -2.12. The Bertz CT molecular complexity index is 480. The predicted octanol–water partition coefficient (Wildman–Crippen LogP) is 1.31. The lowest BCUT2D eigenvalue weighted by atomic mass is 10.3. The zero-order valence-corrected chi connectivity index (χ0v) is 10.3. The second-order valence-corrected chi connectivity index (χ2v) is 3.71. The van der Waals surface area contributed by atoms with Crippen molar-refractivity contribution in [1.82, 2.24) is 9.88 Å². The molecule has 0 radical (unpaired) electrons. The molecule has 0 bridgehead atoms. The number of amides is 2. The van der Waals surface area contributed by atoms with Gasteiger partial charge in [0, 0.05) is 20.3 Å². The van der Waals surface area contributed by atoms with Crippen LogP contribution >= 0.6 is 12.8 Å². The standard InChI is InChI=1S/C10H11N5OS/c1-14(2)7-13-10(16)15(17)9-3-4-12-8(5-9)6-11/h3-5,7,17H,1-2H3. The molecule has 0 unspecified atom stereocenters. The third-order valence-corrected chi connectivity index (χ3v) is 2.08. The Labute approximate surface area is 105 Å². The van der Waals surface area contributed by atoms with Crippen LogP contribution in [0, 0.1) is 11.3 Å². The molecule has 0 spiro atoms. The van der Waals surface area contributed by atoms with Crippen LogP contribution in [-0.4, -0.2) is 36.3 Å². The molecular weight excluding hydrogens is 238 g/mol. The fourth-order valence-corrected chi connectivity index (χ4v) is 1.12. The molecule has 0 N–H and O–H groups in total. The average Bonchev–Trinajstić information content (AvgIpc) is 2.35. The van der Waals surface area contributed by atoms with Gasteiger partial charge in [0.05, 0.1) is 12.0 Å². The molecule has 17 heavy (non-hydrogen) atoms. The van der Waals surface area contributed by atoms with Gasteiger partial charge < -0.3 is 4.90 Å². The number of carbonyl (C=O) groups excluding carboxylic acids is 1. The van der Waals surface area contributed by atoms with Crippen LogP contribution in [0.5, 0.6) is 0 Å². The lowest BCUT2D eigenvalue weighted by molar-refractivity contribution is 0.257. The molecule has 1 aromatic rings. The Hall–Kier alpha value is -2.07. The maximum atomic E-state index is 11.6. The minimum absolute atomic E-state index is 0.214. The van der Waals surface area contributed by atoms with Crippen LogP contribution in [0.1, 0.15) is 5.69 Å². The fraction of sp³-hybridized carbons (Fsp3) is 0.200. The van der Waals surface area contributed by atoms with E-state index < -0.39 is 6.03 Å². The Morgan fingerprint density at radius 1 is 1.65 bits per heavy atom. The number of thiol groups is 1. The summed E-state index contributed by atoms with van der Waals surface area (Å²) < 4.78 is 1.04. The topological polar surface area (TPSA) is 72.6 Å². The van der Waals surface area contributed by atoms with Gasteiger partial charge in [0.15, 0.2) is 0 Å². The first kappa shape index (κ1) is 13.0. The summed E-state index contributed by atoms with van der Waals surface area (Å²) in [5.74, 6) is 0. The quantitative estimate of drug-likeness (QED) is 0.487. The van der Waals surface area contributed by atoms with Crippen molar-refractivity contribution in [2.75, 3.05) is 18.4 Å². The number of anilines is 1. The number of pyridine rings is 1. The number of aromatic nitrogens is 1. The summed E-state index contributed by atoms with van der Waals surface area (Å²) in [4.78, 5) is 20.7. The van der Waals surface area contributed by atoms with E-state index in [0.29, 0.717) is 5.69 Å². The van der Waals surface area contributed by atoms with E-state index in [1.165, 1.54) is 18.6 Å². The molecule has 1 rings (SSSR count). The van der Waals surface area contributed by atoms with Crippen LogP contribution in [0.3, 0.4) is 0 Å². The van der Waals surface area contributed by atoms with E-state index in [0.717, 1.165) is 4.31 Å². The molecule has 0 atom stereocenters. The van der Waals surface area contributed by atoms with Gasteiger partial charge in [-0.05, 0) is 12.1 Å². The largest absolute Gasteiger partial charge is 0.369 e. The minimum atomic E-state index is -0.544. The molecule has 0 saturated heterocycles. The molecule has 1 heterocycles. The fourth-order valence-electron chi connectivity index (χ4n) is 0.942. The number of nitrogens with zero attached hydrogens (tertiary/aromatic N) is 5. The van der Waals surface area contributed by atoms with Crippen molar-refractivity contribution < 1.29 is 4.79 Å². The van der Waals surface area contributed by atoms with Gasteiger partial charge >= 0.3 is 6.03 Å². The molecule has 0 aliphatic carbocycles. The second kappa shape index (κ2) is 5.86. The van der Waals surface area contributed by atoms with Gasteiger partial charge in [-0.3, -0.25) is 0 Å². The molecular formula is C10H11N5OS. The van der Waals surface area contributed by atoms with Gasteiger partial charge in [-0.25, -0.2) is 14.1 Å². The minimum Gasteiger partial charge on any atom is -0.369 e. The van der Waals surface area contributed by atoms with Gasteiger partial charge in [0.1, 0.15) is 11.8 Å². The summed E-state index contributed by atoms with van der Waals surface area (Å²) in [6.07, 6.45) is 2.80. The van der Waals surface area contributed by atoms with E-state index >= 15 is 0 Å². The summed E-state index contributed by atoms with van der Waals surface area (Å²) >= 11 is 4.02. The van der Waals surface area contributed by atoms with E-state index in [2.05, 4.69) is 22.8 Å². The summed E-state index contributed by atoms with van der Waals surface area (Å²) in [5, 5.41) is 8.68. The zero-order valence-electron chi connectivity index (χ0n) is 9.40. The molecule has 1 aromatic heterocycles. The summed E-state index contributed by atoms with van der Waals surface area (Å²) in [6.45, 7) is 0. The molecule has 7 heteroatoms. The van der Waals surface area contributed by atoms with E-state index in [-0.39, 0.29) is 5.69 Å². The monoisotopic (exact) mass is 249 g/mol. The summed E-state index contributed by atoms with van der Waals surface area (Å²) in [5.41, 5.74) is 0.659. The first-order valence-electron chi connectivity index (χ1n) is 4.64. The molecule has 0 saturated carbocycles. The third kappa shape index (κ3) is 3.77. The summed E-state index contributed by atoms with van der Waals surface area (Å²) in [7, 11) is 3.50.